The lowest BCUT2D eigenvalue weighted by molar-refractivity contribution is -0.384. The molecule has 0 fully saturated rings. The summed E-state index contributed by atoms with van der Waals surface area (Å²) in [6, 6.07) is 3.42. The van der Waals surface area contributed by atoms with Crippen LogP contribution in [0.25, 0.3) is 0 Å². The Hall–Kier alpha value is -1.81. The van der Waals surface area contributed by atoms with E-state index in [9.17, 15) is 27.3 Å². The highest BCUT2D eigenvalue weighted by Crippen LogP contribution is 2.27. The molecule has 0 bridgehead atoms. The molecule has 0 spiro atoms. The van der Waals surface area contributed by atoms with Gasteiger partial charge in [-0.25, -0.2) is 17.2 Å². The first kappa shape index (κ1) is 17.2. The fraction of sp³-hybridized carbons (Fsp3) is 0.455. The van der Waals surface area contributed by atoms with Crippen molar-refractivity contribution < 1.29 is 26.9 Å². The number of hydrogen-bond acceptors (Lipinski definition) is 6. The quantitative estimate of drug-likeness (QED) is 0.444. The lowest BCUT2D eigenvalue weighted by Crippen LogP contribution is -2.14. The van der Waals surface area contributed by atoms with Gasteiger partial charge in [-0.3, -0.25) is 10.1 Å². The molecule has 1 aromatic rings. The number of sulfone groups is 1. The molecule has 1 rings (SSSR count). The summed E-state index contributed by atoms with van der Waals surface area (Å²) in [6.07, 6.45) is -1.63. The number of rotatable bonds is 8. The lowest BCUT2D eigenvalue weighted by Gasteiger charge is -2.08. The van der Waals surface area contributed by atoms with Crippen molar-refractivity contribution in [2.45, 2.75) is 11.3 Å². The molecule has 1 aromatic carbocycles. The minimum absolute atomic E-state index is 0.0602. The Morgan fingerprint density at radius 1 is 1.43 bits per heavy atom. The Bertz CT molecular complexity index is 607. The number of nitrogens with zero attached hydrogens (tertiary/aromatic N) is 1. The van der Waals surface area contributed by atoms with E-state index in [1.54, 1.807) is 0 Å². The van der Waals surface area contributed by atoms with E-state index in [4.69, 9.17) is 0 Å². The number of hydrogen-bond donors (Lipinski definition) is 1. The number of ether oxygens (including phenoxy) is 1. The van der Waals surface area contributed by atoms with Crippen LogP contribution in [-0.4, -0.2) is 45.8 Å². The molecule has 0 amide bonds. The molecule has 0 atom stereocenters. The lowest BCUT2D eigenvalue weighted by atomic mass is 10.2. The highest BCUT2D eigenvalue weighted by Gasteiger charge is 2.18. The van der Waals surface area contributed by atoms with Crippen molar-refractivity contribution in [2.24, 2.45) is 0 Å². The third-order valence-electron chi connectivity index (χ3n) is 2.40. The molecule has 0 unspecified atom stereocenters. The summed E-state index contributed by atoms with van der Waals surface area (Å²) < 4.78 is 51.0. The second kappa shape index (κ2) is 7.27. The highest BCUT2D eigenvalue weighted by molar-refractivity contribution is 7.90. The van der Waals surface area contributed by atoms with Crippen LogP contribution in [0.3, 0.4) is 0 Å². The van der Waals surface area contributed by atoms with Gasteiger partial charge in [0.2, 0.25) is 0 Å². The normalized spacial score (nSPS) is 11.6. The second-order valence-corrected chi connectivity index (χ2v) is 6.12. The van der Waals surface area contributed by atoms with Crippen LogP contribution in [0.4, 0.5) is 20.2 Å². The van der Waals surface area contributed by atoms with E-state index in [-0.39, 0.29) is 23.7 Å². The number of alkyl halides is 2. The summed E-state index contributed by atoms with van der Waals surface area (Å²) in [5.41, 5.74) is -0.320. The molecule has 0 radical (unpaired) electrons. The molecule has 0 saturated carbocycles. The first-order chi connectivity index (χ1) is 9.71. The van der Waals surface area contributed by atoms with Gasteiger partial charge in [-0.1, -0.05) is 0 Å². The van der Waals surface area contributed by atoms with Gasteiger partial charge >= 0.3 is 0 Å². The minimum Gasteiger partial charge on any atom is -0.377 e. The van der Waals surface area contributed by atoms with Gasteiger partial charge in [0, 0.05) is 18.9 Å². The van der Waals surface area contributed by atoms with Crippen LogP contribution >= 0.6 is 0 Å². The second-order valence-electron chi connectivity index (χ2n) is 4.10. The molecule has 0 aliphatic carbocycles. The predicted octanol–water partition coefficient (Wildman–Crippen LogP) is 1.69. The first-order valence-electron chi connectivity index (χ1n) is 5.80. The van der Waals surface area contributed by atoms with Gasteiger partial charge in [-0.15, -0.1) is 0 Å². The Morgan fingerprint density at radius 2 is 2.10 bits per heavy atom. The fourth-order valence-electron chi connectivity index (χ4n) is 1.47. The summed E-state index contributed by atoms with van der Waals surface area (Å²) in [6.45, 7) is -0.697. The van der Waals surface area contributed by atoms with E-state index in [1.807, 2.05) is 0 Å². The van der Waals surface area contributed by atoms with E-state index in [2.05, 4.69) is 10.1 Å². The Morgan fingerprint density at radius 3 is 2.62 bits per heavy atom. The third kappa shape index (κ3) is 5.60. The zero-order chi connectivity index (χ0) is 16.0. The van der Waals surface area contributed by atoms with Crippen molar-refractivity contribution in [1.29, 1.82) is 0 Å². The zero-order valence-corrected chi connectivity index (χ0v) is 11.9. The number of anilines is 1. The van der Waals surface area contributed by atoms with Gasteiger partial charge in [-0.2, -0.15) is 0 Å². The topological polar surface area (TPSA) is 98.5 Å². The van der Waals surface area contributed by atoms with Crippen LogP contribution in [0, 0.1) is 10.1 Å². The molecule has 1 N–H and O–H groups in total. The molecular weight excluding hydrogens is 310 g/mol. The van der Waals surface area contributed by atoms with Gasteiger partial charge in [0.15, 0.2) is 9.84 Å². The van der Waals surface area contributed by atoms with E-state index >= 15 is 0 Å². The molecule has 10 heteroatoms. The number of halogens is 2. The molecule has 21 heavy (non-hydrogen) atoms. The Labute approximate surface area is 120 Å². The molecule has 0 heterocycles. The largest absolute Gasteiger partial charge is 0.377 e. The summed E-state index contributed by atoms with van der Waals surface area (Å²) in [5.74, 6) is 0. The maximum atomic E-state index is 11.8. The van der Waals surface area contributed by atoms with Crippen LogP contribution < -0.4 is 5.32 Å². The van der Waals surface area contributed by atoms with Gasteiger partial charge in [-0.05, 0) is 12.1 Å². The maximum Gasteiger partial charge on any atom is 0.293 e. The van der Waals surface area contributed by atoms with Crippen LogP contribution in [-0.2, 0) is 14.6 Å². The average Bonchev–Trinajstić information content (AvgIpc) is 2.36. The molecule has 7 nitrogen and oxygen atoms in total. The van der Waals surface area contributed by atoms with E-state index < -0.39 is 33.5 Å². The fourth-order valence-corrected chi connectivity index (χ4v) is 2.11. The Balaban J connectivity index is 2.76. The zero-order valence-electron chi connectivity index (χ0n) is 11.1. The van der Waals surface area contributed by atoms with Crippen molar-refractivity contribution in [2.75, 3.05) is 31.3 Å². The van der Waals surface area contributed by atoms with Crippen molar-refractivity contribution >= 4 is 21.2 Å². The van der Waals surface area contributed by atoms with Gasteiger partial charge < -0.3 is 10.1 Å². The van der Waals surface area contributed by atoms with E-state index in [0.717, 1.165) is 12.3 Å². The molecule has 0 aliphatic rings. The van der Waals surface area contributed by atoms with Gasteiger partial charge in [0.25, 0.3) is 12.1 Å². The number of nitro groups is 1. The molecule has 0 aliphatic heterocycles. The number of benzene rings is 1. The van der Waals surface area contributed by atoms with Gasteiger partial charge in [0.1, 0.15) is 12.3 Å². The predicted molar refractivity (Wildman–Crippen MR) is 71.5 cm³/mol. The summed E-state index contributed by atoms with van der Waals surface area (Å²) >= 11 is 0. The van der Waals surface area contributed by atoms with Crippen LogP contribution in [0.1, 0.15) is 0 Å². The van der Waals surface area contributed by atoms with Crippen molar-refractivity contribution in [1.82, 2.24) is 0 Å². The van der Waals surface area contributed by atoms with Crippen molar-refractivity contribution in [3.63, 3.8) is 0 Å². The minimum atomic E-state index is -3.55. The monoisotopic (exact) mass is 324 g/mol. The average molecular weight is 324 g/mol. The van der Waals surface area contributed by atoms with Crippen molar-refractivity contribution in [3.8, 4) is 0 Å². The summed E-state index contributed by atoms with van der Waals surface area (Å²) in [7, 11) is -3.55. The van der Waals surface area contributed by atoms with Crippen LogP contribution in [0.5, 0.6) is 0 Å². The van der Waals surface area contributed by atoms with Crippen molar-refractivity contribution in [3.05, 3.63) is 28.3 Å². The smallest absolute Gasteiger partial charge is 0.293 e. The molecule has 0 aromatic heterocycles. The number of nitro benzene ring substituents is 1. The Kier molecular flexibility index (Phi) is 5.97. The molecule has 0 saturated heterocycles. The standard InChI is InChI=1S/C11H14F2N2O5S/c1-21(18,19)8-2-3-9(10(6-8)15(16)17)14-4-5-20-7-11(12)13/h2-3,6,11,14H,4-5,7H2,1H3. The molecule has 118 valence electrons. The molecular formula is C11H14F2N2O5S. The van der Waals surface area contributed by atoms with E-state index in [1.165, 1.54) is 12.1 Å². The van der Waals surface area contributed by atoms with Gasteiger partial charge in [0.05, 0.1) is 16.4 Å². The van der Waals surface area contributed by atoms with Crippen LogP contribution in [0.15, 0.2) is 23.1 Å². The summed E-state index contributed by atoms with van der Waals surface area (Å²) in [5, 5.41) is 13.6. The van der Waals surface area contributed by atoms with Crippen LogP contribution in [0.2, 0.25) is 0 Å². The SMILES string of the molecule is CS(=O)(=O)c1ccc(NCCOCC(F)F)c([N+](=O)[O-])c1. The maximum absolute atomic E-state index is 11.8. The first-order valence-corrected chi connectivity index (χ1v) is 7.69. The third-order valence-corrected chi connectivity index (χ3v) is 3.51. The number of nitrogens with one attached hydrogen (secondary N) is 1. The summed E-state index contributed by atoms with van der Waals surface area (Å²) in [4.78, 5) is 10.0. The highest BCUT2D eigenvalue weighted by atomic mass is 32.2. The van der Waals surface area contributed by atoms with E-state index in [0.29, 0.717) is 0 Å².